The zero-order valence-corrected chi connectivity index (χ0v) is 76.8. The van der Waals surface area contributed by atoms with Crippen LogP contribution in [0.3, 0.4) is 0 Å². The molecule has 1 aromatic carbocycles. The first-order chi connectivity index (χ1) is 67.6. The molecule has 2 aliphatic rings. The Morgan fingerprint density at radius 1 is 0.317 bits per heavy atom. The molecule has 0 saturated heterocycles. The number of allylic oxidation sites excluding steroid dienone is 11. The van der Waals surface area contributed by atoms with E-state index >= 15 is 0 Å². The minimum atomic E-state index is -0.641. The zero-order valence-electron chi connectivity index (χ0n) is 76.8. The number of rotatable bonds is 28. The standard InChI is InChI=1S/C17H15NO5.C17H16O3.C15H15N5O4.C14H13N3O4.C14H11NO5.C13H11NO3.C13H10O3.CH4/c1-11-5-6-14(22-11)9-12-3-2-4-13(17(12)19)10-15-7-8-16(23-15)18(20)21;1-11-3-7-15(19-11)9-13-5-6-14(17(13)18)10-16-8-4-12(2)20-16;1-10-2-5-12(23-10)6-3-11(18-19-15(16)17)4-7-13-8-9-14(24-13)20(21)22;1-10(16-15-9-13-6-4-11(2)20-13)3-5-12-7-8-14(21-12)17(18)19;1-10-2-5-12(19-10)6-3-11(16)4-7-13-8-9-14(20-13)15(17)18;1-10-2-4-11(5-3-10)6-7-12-8-9-13(17-12)14(15)16;14-11(5-7-12-3-1-9-15-12)6-8-13-4-2-10-16-13;/h5-10H,2-4H2,1H3;3-4,7-10H,5-6H2,1-2H3;2-9H,1H3,(H4,16,17,19);3-9H,1-2H3;2-9H,1H3;2-9H,1H3;1-10H;1H4/b12-9-,13-10+;13-9+,14-10+;6-3+,7-4+,18-11-;5-3+,15-9+,16-10+;6-3-,7-4+;7-6+;7-5+,8-6+;. The van der Waals surface area contributed by atoms with E-state index in [1.54, 1.807) is 141 Å². The molecule has 142 heavy (non-hydrogen) atoms. The number of Topliss-reactive ketones (excluding diaryl/α,β-unsaturated/α-hetero) is 2. The molecule has 0 bridgehead atoms. The van der Waals surface area contributed by atoms with Crippen molar-refractivity contribution in [1.29, 1.82) is 0 Å². The van der Waals surface area contributed by atoms with Crippen LogP contribution in [-0.4, -0.2) is 71.3 Å². The summed E-state index contributed by atoms with van der Waals surface area (Å²) in [5, 5.41) is 67.8. The summed E-state index contributed by atoms with van der Waals surface area (Å²) >= 11 is 0. The van der Waals surface area contributed by atoms with E-state index < -0.39 is 24.6 Å². The van der Waals surface area contributed by atoms with Gasteiger partial charge in [-0.2, -0.15) is 10.2 Å². The Morgan fingerprint density at radius 2 is 0.606 bits per heavy atom. The molecule has 0 unspecified atom stereocenters. The highest BCUT2D eigenvalue weighted by Crippen LogP contribution is 2.33. The monoisotopic (exact) mass is 1930 g/mol. The Bertz CT molecular complexity index is 7100. The third-order valence-corrected chi connectivity index (χ3v) is 18.8. The van der Waals surface area contributed by atoms with Crippen molar-refractivity contribution in [2.24, 2.45) is 31.9 Å². The van der Waals surface area contributed by atoms with Gasteiger partial charge in [0.2, 0.25) is 5.96 Å². The molecule has 0 spiro atoms. The second-order valence-electron chi connectivity index (χ2n) is 30.0. The van der Waals surface area contributed by atoms with E-state index in [1.165, 1.54) is 103 Å². The predicted octanol–water partition coefficient (Wildman–Crippen LogP) is 25.5. The minimum Gasteiger partial charge on any atom is -0.465 e. The Balaban J connectivity index is 0.000000185. The van der Waals surface area contributed by atoms with Crippen molar-refractivity contribution in [2.75, 3.05) is 0 Å². The summed E-state index contributed by atoms with van der Waals surface area (Å²) in [5.74, 6) is 9.64. The number of nitro groups is 5. The maximum absolute atomic E-state index is 12.5. The molecular weight excluding hydrogens is 1840 g/mol. The zero-order chi connectivity index (χ0) is 101. The van der Waals surface area contributed by atoms with Crippen LogP contribution in [0.25, 0.3) is 79.0 Å². The summed E-state index contributed by atoms with van der Waals surface area (Å²) in [6.45, 7) is 14.9. The molecule has 0 radical (unpaired) electrons. The van der Waals surface area contributed by atoms with Crippen LogP contribution in [0.2, 0.25) is 0 Å². The minimum absolute atomic E-state index is 0. The van der Waals surface area contributed by atoms with Crippen molar-refractivity contribution in [3.8, 4) is 0 Å². The first-order valence-corrected chi connectivity index (χ1v) is 42.6. The fraction of sp³-hybridized carbons (Fsp3) is 0.135. The third-order valence-electron chi connectivity index (χ3n) is 18.8. The second-order valence-corrected chi connectivity index (χ2v) is 30.0. The number of hydrogen-bond donors (Lipinski definition) is 2. The van der Waals surface area contributed by atoms with Crippen LogP contribution in [-0.2, 0) is 19.2 Å². The van der Waals surface area contributed by atoms with E-state index in [0.717, 1.165) is 82.1 Å². The first-order valence-electron chi connectivity index (χ1n) is 42.6. The van der Waals surface area contributed by atoms with E-state index in [4.69, 9.17) is 68.9 Å². The van der Waals surface area contributed by atoms with Crippen molar-refractivity contribution < 1.29 is 101 Å². The van der Waals surface area contributed by atoms with Gasteiger partial charge in [-0.3, -0.25) is 69.7 Å². The van der Waals surface area contributed by atoms with Crippen molar-refractivity contribution in [3.05, 3.63) is 430 Å². The Kier molecular flexibility index (Phi) is 40.2. The van der Waals surface area contributed by atoms with Crippen LogP contribution < -0.4 is 11.5 Å². The molecule has 4 N–H and O–H groups in total. The number of aryl methyl sites for hydroxylation is 7. The average molecular weight is 1930 g/mol. The van der Waals surface area contributed by atoms with Crippen LogP contribution in [0.15, 0.2) is 337 Å². The smallest absolute Gasteiger partial charge is 0.433 e. The van der Waals surface area contributed by atoms with Gasteiger partial charge in [0.15, 0.2) is 23.1 Å². The number of nitrogens with zero attached hydrogens (tertiary/aromatic N) is 9. The van der Waals surface area contributed by atoms with E-state index in [1.807, 2.05) is 139 Å². The molecule has 2 fully saturated rings. The number of carbonyl (C=O) groups is 4. The molecular formula is C104H95N11O27. The maximum atomic E-state index is 12.5. The normalized spacial score (nSPS) is 13.9. The largest absolute Gasteiger partial charge is 0.465 e. The van der Waals surface area contributed by atoms with Gasteiger partial charge in [0.1, 0.15) is 134 Å². The third kappa shape index (κ3) is 36.5. The lowest BCUT2D eigenvalue weighted by Gasteiger charge is -2.15. The van der Waals surface area contributed by atoms with E-state index in [0.29, 0.717) is 93.0 Å². The maximum Gasteiger partial charge on any atom is 0.433 e. The van der Waals surface area contributed by atoms with Gasteiger partial charge in [-0.15, -0.1) is 10.2 Å². The molecule has 38 nitrogen and oxygen atoms in total. The lowest BCUT2D eigenvalue weighted by atomic mass is 9.88. The molecule has 14 aromatic rings. The average Bonchev–Trinajstić information content (AvgIpc) is 1.68. The topological polar surface area (TPSA) is 556 Å². The summed E-state index contributed by atoms with van der Waals surface area (Å²) in [6, 6.07) is 50.9. The molecule has 0 atom stereocenters. The molecule has 0 aliphatic heterocycles. The van der Waals surface area contributed by atoms with Crippen molar-refractivity contribution in [1.82, 2.24) is 0 Å². The van der Waals surface area contributed by atoms with Crippen LogP contribution in [0.4, 0.5) is 29.4 Å². The Morgan fingerprint density at radius 3 is 0.930 bits per heavy atom. The van der Waals surface area contributed by atoms with Gasteiger partial charge in [0, 0.05) is 22.3 Å². The van der Waals surface area contributed by atoms with Gasteiger partial charge in [0.25, 0.3) is 0 Å². The highest BCUT2D eigenvalue weighted by atomic mass is 16.7. The number of nitrogens with two attached hydrogens (primary N) is 2. The van der Waals surface area contributed by atoms with Crippen molar-refractivity contribution in [2.45, 2.75) is 94.9 Å². The van der Waals surface area contributed by atoms with Gasteiger partial charge in [-0.25, -0.2) is 0 Å². The summed E-state index contributed by atoms with van der Waals surface area (Å²) in [4.78, 5) is 97.3. The highest BCUT2D eigenvalue weighted by molar-refractivity contribution is 6.16. The van der Waals surface area contributed by atoms with Crippen LogP contribution in [0, 0.1) is 99.0 Å². The van der Waals surface area contributed by atoms with Gasteiger partial charge >= 0.3 is 29.4 Å². The van der Waals surface area contributed by atoms with E-state index in [2.05, 4.69) is 20.4 Å². The highest BCUT2D eigenvalue weighted by Gasteiger charge is 2.26. The molecule has 0 amide bonds. The predicted molar refractivity (Wildman–Crippen MR) is 534 cm³/mol. The molecule has 2 aliphatic carbocycles. The Labute approximate surface area is 809 Å². The van der Waals surface area contributed by atoms with Gasteiger partial charge in [0.05, 0.1) is 60.5 Å². The van der Waals surface area contributed by atoms with E-state index in [-0.39, 0.29) is 71.7 Å². The summed E-state index contributed by atoms with van der Waals surface area (Å²) < 4.78 is 67.5. The number of hydrogen-bond acceptors (Lipinski definition) is 31. The van der Waals surface area contributed by atoms with Crippen molar-refractivity contribution >= 4 is 155 Å². The van der Waals surface area contributed by atoms with Crippen LogP contribution in [0.5, 0.6) is 0 Å². The number of guanidine groups is 1. The Hall–Kier alpha value is -19.3. The number of benzene rings is 1. The lowest BCUT2D eigenvalue weighted by Crippen LogP contribution is -2.22. The van der Waals surface area contributed by atoms with Crippen LogP contribution in [0.1, 0.15) is 167 Å². The second kappa shape index (κ2) is 53.7. The SMILES string of the molecule is C.CC(/C=C/c1ccc([N+](=O)[O-])o1)=N\N=C\c1ccc(C)o1.Cc1ccc(/C=C/C(/C=C/c2ccc([N+](=O)[O-])o2)=N/N=C(N)N)o1.Cc1ccc(/C=C/c2ccc([N+](=O)[O-])o2)cc1.Cc1ccc(/C=C2/CCC/C(=C\c3ccc([N+](=O)[O-])o3)C2=O)o1.Cc1ccc(/C=C2\CC/C(=C\c3ccc(C)o3)C2=O)o1.Cc1ccc(/C=C\C(=O)/C=C/c2ccc([N+](=O)[O-])o2)o1.O=C(/C=C/c1ccco1)/C=C/c1ccco1. The fourth-order valence-corrected chi connectivity index (χ4v) is 12.1. The molecule has 13 aromatic heterocycles. The first kappa shape index (κ1) is 106. The number of carbonyl (C=O) groups excluding carboxylic acids is 4. The summed E-state index contributed by atoms with van der Waals surface area (Å²) in [5.41, 5.74) is 16.6. The van der Waals surface area contributed by atoms with Crippen LogP contribution >= 0.6 is 0 Å². The van der Waals surface area contributed by atoms with E-state index in [9.17, 15) is 69.7 Å². The quantitative estimate of drug-likeness (QED) is 0.0151. The number of ketones is 4. The van der Waals surface area contributed by atoms with Gasteiger partial charge < -0.3 is 68.9 Å². The molecule has 16 rings (SSSR count). The number of furan rings is 13. The van der Waals surface area contributed by atoms with Gasteiger partial charge in [-0.05, 0) is 336 Å². The van der Waals surface area contributed by atoms with Gasteiger partial charge in [-0.1, -0.05) is 43.3 Å². The fourth-order valence-electron chi connectivity index (χ4n) is 12.1. The molecule has 38 heteroatoms. The lowest BCUT2D eigenvalue weighted by molar-refractivity contribution is -0.402. The molecule has 2 saturated carbocycles. The molecule has 13 heterocycles. The summed E-state index contributed by atoms with van der Waals surface area (Å²) in [7, 11) is 0. The summed E-state index contributed by atoms with van der Waals surface area (Å²) in [6.07, 6.45) is 40.1. The molecule has 728 valence electrons. The van der Waals surface area contributed by atoms with Crippen molar-refractivity contribution in [3.63, 3.8) is 0 Å².